The molecule has 1 N–H and O–H groups in total. The summed E-state index contributed by atoms with van der Waals surface area (Å²) in [6, 6.07) is 4.93. The van der Waals surface area contributed by atoms with Gasteiger partial charge in [0.25, 0.3) is 0 Å². The Morgan fingerprint density at radius 3 is 2.92 bits per heavy atom. The van der Waals surface area contributed by atoms with Crippen molar-refractivity contribution in [3.05, 3.63) is 35.7 Å². The van der Waals surface area contributed by atoms with Crippen LogP contribution in [0.15, 0.2) is 30.1 Å². The number of aliphatic carboxylic acids is 1. The number of aromatic nitrogens is 1. The van der Waals surface area contributed by atoms with E-state index in [0.29, 0.717) is 5.56 Å². The van der Waals surface area contributed by atoms with Crippen molar-refractivity contribution in [3.63, 3.8) is 0 Å². The maximum atomic E-state index is 10.4. The van der Waals surface area contributed by atoms with Gasteiger partial charge >= 0.3 is 5.97 Å². The summed E-state index contributed by atoms with van der Waals surface area (Å²) in [6.07, 6.45) is 4.33. The zero-order chi connectivity index (χ0) is 9.68. The summed E-state index contributed by atoms with van der Waals surface area (Å²) in [5.41, 5.74) is 0.300. The van der Waals surface area contributed by atoms with Gasteiger partial charge < -0.3 is 5.11 Å². The normalized spacial score (nSPS) is 10.5. The molecule has 0 spiro atoms. The first-order valence-electron chi connectivity index (χ1n) is 3.49. The molecule has 0 aliphatic carbocycles. The van der Waals surface area contributed by atoms with Crippen LogP contribution < -0.4 is 0 Å². The molecule has 0 bridgehead atoms. The monoisotopic (exact) mass is 174 g/mol. The number of carboxylic acid groups (broad SMARTS) is 1. The van der Waals surface area contributed by atoms with Gasteiger partial charge in [-0.1, -0.05) is 6.07 Å². The molecular weight excluding hydrogens is 168 g/mol. The first-order valence-corrected chi connectivity index (χ1v) is 3.49. The van der Waals surface area contributed by atoms with Crippen LogP contribution in [-0.4, -0.2) is 16.1 Å². The van der Waals surface area contributed by atoms with Gasteiger partial charge in [0.05, 0.1) is 0 Å². The van der Waals surface area contributed by atoms with E-state index in [0.717, 1.165) is 0 Å². The molecule has 0 aromatic carbocycles. The number of carboxylic acids is 1. The second-order valence-electron chi connectivity index (χ2n) is 2.26. The quantitative estimate of drug-likeness (QED) is 0.537. The van der Waals surface area contributed by atoms with Crippen molar-refractivity contribution in [2.75, 3.05) is 0 Å². The zero-order valence-electron chi connectivity index (χ0n) is 6.64. The van der Waals surface area contributed by atoms with Crippen LogP contribution in [0.1, 0.15) is 5.56 Å². The Bertz CT molecular complexity index is 376. The molecule has 13 heavy (non-hydrogen) atoms. The van der Waals surface area contributed by atoms with Gasteiger partial charge in [0.1, 0.15) is 11.6 Å². The molecule has 0 radical (unpaired) electrons. The molecule has 1 rings (SSSR count). The molecule has 0 unspecified atom stereocenters. The van der Waals surface area contributed by atoms with Crippen LogP contribution >= 0.6 is 0 Å². The van der Waals surface area contributed by atoms with Gasteiger partial charge in [-0.25, -0.2) is 4.79 Å². The smallest absolute Gasteiger partial charge is 0.346 e. The van der Waals surface area contributed by atoms with Gasteiger partial charge in [0, 0.05) is 12.4 Å². The van der Waals surface area contributed by atoms with E-state index in [1.807, 2.05) is 0 Å². The van der Waals surface area contributed by atoms with Crippen LogP contribution in [-0.2, 0) is 4.79 Å². The average Bonchev–Trinajstić information content (AvgIpc) is 2.15. The molecule has 0 saturated carbocycles. The number of carbonyl (C=O) groups is 1. The lowest BCUT2D eigenvalue weighted by Gasteiger charge is -1.91. The summed E-state index contributed by atoms with van der Waals surface area (Å²) in [5.74, 6) is -1.23. The summed E-state index contributed by atoms with van der Waals surface area (Å²) < 4.78 is 0. The van der Waals surface area contributed by atoms with Crippen LogP contribution in [0.2, 0.25) is 0 Å². The highest BCUT2D eigenvalue weighted by molar-refractivity contribution is 5.96. The number of pyridine rings is 1. The Morgan fingerprint density at radius 1 is 1.69 bits per heavy atom. The van der Waals surface area contributed by atoms with Crippen molar-refractivity contribution in [1.82, 2.24) is 4.98 Å². The highest BCUT2D eigenvalue weighted by Gasteiger charge is 2.04. The van der Waals surface area contributed by atoms with Gasteiger partial charge in [-0.2, -0.15) is 5.26 Å². The van der Waals surface area contributed by atoms with Gasteiger partial charge in [-0.05, 0) is 17.7 Å². The largest absolute Gasteiger partial charge is 0.477 e. The van der Waals surface area contributed by atoms with Crippen molar-refractivity contribution in [2.45, 2.75) is 0 Å². The summed E-state index contributed by atoms with van der Waals surface area (Å²) in [6.45, 7) is 0. The van der Waals surface area contributed by atoms with Gasteiger partial charge in [-0.3, -0.25) is 4.98 Å². The summed E-state index contributed by atoms with van der Waals surface area (Å²) in [5, 5.41) is 17.0. The molecule has 0 fully saturated rings. The first kappa shape index (κ1) is 8.94. The summed E-state index contributed by atoms with van der Waals surface area (Å²) in [4.78, 5) is 14.2. The van der Waals surface area contributed by atoms with Crippen molar-refractivity contribution >= 4 is 12.0 Å². The van der Waals surface area contributed by atoms with E-state index in [1.54, 1.807) is 24.4 Å². The third kappa shape index (κ3) is 2.42. The third-order valence-corrected chi connectivity index (χ3v) is 1.35. The molecule has 0 aliphatic rings. The van der Waals surface area contributed by atoms with Crippen LogP contribution in [0.5, 0.6) is 0 Å². The molecule has 4 heteroatoms. The highest BCUT2D eigenvalue weighted by atomic mass is 16.4. The molecule has 64 valence electrons. The molecule has 0 aliphatic heterocycles. The van der Waals surface area contributed by atoms with Gasteiger partial charge in [0.2, 0.25) is 0 Å². The minimum Gasteiger partial charge on any atom is -0.477 e. The maximum absolute atomic E-state index is 10.4. The van der Waals surface area contributed by atoms with Crippen molar-refractivity contribution in [3.8, 4) is 6.07 Å². The number of hydrogen-bond acceptors (Lipinski definition) is 3. The molecule has 4 nitrogen and oxygen atoms in total. The van der Waals surface area contributed by atoms with E-state index in [2.05, 4.69) is 4.98 Å². The molecule has 0 saturated heterocycles. The van der Waals surface area contributed by atoms with Gasteiger partial charge in [0.15, 0.2) is 0 Å². The molecule has 1 aromatic heterocycles. The van der Waals surface area contributed by atoms with E-state index in [9.17, 15) is 4.79 Å². The van der Waals surface area contributed by atoms with Crippen LogP contribution in [0, 0.1) is 11.3 Å². The Labute approximate surface area is 74.8 Å². The summed E-state index contributed by atoms with van der Waals surface area (Å²) >= 11 is 0. The maximum Gasteiger partial charge on any atom is 0.346 e. The highest BCUT2D eigenvalue weighted by Crippen LogP contribution is 2.04. The van der Waals surface area contributed by atoms with E-state index in [1.165, 1.54) is 12.3 Å². The van der Waals surface area contributed by atoms with Gasteiger partial charge in [-0.15, -0.1) is 0 Å². The van der Waals surface area contributed by atoms with Crippen LogP contribution in [0.4, 0.5) is 0 Å². The molecule has 1 aromatic rings. The van der Waals surface area contributed by atoms with Crippen molar-refractivity contribution < 1.29 is 9.90 Å². The Hall–Kier alpha value is -2.15. The first-order chi connectivity index (χ1) is 6.24. The SMILES string of the molecule is N#C/C(=C\c1cccnc1)C(=O)O. The lowest BCUT2D eigenvalue weighted by molar-refractivity contribution is -0.132. The standard InChI is InChI=1S/C9H6N2O2/c10-5-8(9(12)13)4-7-2-1-3-11-6-7/h1-4,6H,(H,12,13)/b8-4+. The van der Waals surface area contributed by atoms with Crippen LogP contribution in [0.25, 0.3) is 6.08 Å². The number of rotatable bonds is 2. The Morgan fingerprint density at radius 2 is 2.46 bits per heavy atom. The fourth-order valence-electron chi connectivity index (χ4n) is 0.770. The minimum atomic E-state index is -1.23. The second kappa shape index (κ2) is 4.02. The Kier molecular flexibility index (Phi) is 2.77. The van der Waals surface area contributed by atoms with Crippen molar-refractivity contribution in [2.24, 2.45) is 0 Å². The molecule has 0 amide bonds. The lowest BCUT2D eigenvalue weighted by Crippen LogP contribution is -1.97. The van der Waals surface area contributed by atoms with E-state index >= 15 is 0 Å². The summed E-state index contributed by atoms with van der Waals surface area (Å²) in [7, 11) is 0. The fourth-order valence-corrected chi connectivity index (χ4v) is 0.770. The minimum absolute atomic E-state index is 0.298. The predicted molar refractivity (Wildman–Crippen MR) is 45.5 cm³/mol. The lowest BCUT2D eigenvalue weighted by atomic mass is 10.2. The molecule has 0 atom stereocenters. The van der Waals surface area contributed by atoms with E-state index in [-0.39, 0.29) is 5.57 Å². The zero-order valence-corrected chi connectivity index (χ0v) is 6.64. The van der Waals surface area contributed by atoms with Crippen molar-refractivity contribution in [1.29, 1.82) is 5.26 Å². The average molecular weight is 174 g/mol. The number of hydrogen-bond donors (Lipinski definition) is 1. The van der Waals surface area contributed by atoms with E-state index < -0.39 is 5.97 Å². The number of nitrogens with zero attached hydrogens (tertiary/aromatic N) is 2. The molecular formula is C9H6N2O2. The Balaban J connectivity index is 3.01. The van der Waals surface area contributed by atoms with E-state index in [4.69, 9.17) is 10.4 Å². The fraction of sp³-hybridized carbons (Fsp3) is 0. The van der Waals surface area contributed by atoms with Crippen LogP contribution in [0.3, 0.4) is 0 Å². The predicted octanol–water partition coefficient (Wildman–Crippen LogP) is 1.07. The third-order valence-electron chi connectivity index (χ3n) is 1.35. The number of nitriles is 1. The topological polar surface area (TPSA) is 74.0 Å². The second-order valence-corrected chi connectivity index (χ2v) is 2.26. The molecule has 1 heterocycles.